The summed E-state index contributed by atoms with van der Waals surface area (Å²) < 4.78 is 24.9. The number of hydrogen-bond acceptors (Lipinski definition) is 3. The Morgan fingerprint density at radius 3 is 2.68 bits per heavy atom. The molecule has 2 aromatic carbocycles. The summed E-state index contributed by atoms with van der Waals surface area (Å²) in [6.45, 7) is 0.108. The fourth-order valence-corrected chi connectivity index (χ4v) is 1.89. The Balaban J connectivity index is 2.14. The summed E-state index contributed by atoms with van der Waals surface area (Å²) in [6, 6.07) is 9.92. The van der Waals surface area contributed by atoms with Gasteiger partial charge in [-0.1, -0.05) is 22.0 Å². The van der Waals surface area contributed by atoms with Crippen LogP contribution < -0.4 is 15.2 Å². The molecule has 0 fully saturated rings. The van der Waals surface area contributed by atoms with Crippen LogP contribution in [0.15, 0.2) is 40.9 Å². The molecule has 0 aliphatic carbocycles. The summed E-state index contributed by atoms with van der Waals surface area (Å²) in [4.78, 5) is 0. The maximum absolute atomic E-state index is 13.6. The van der Waals surface area contributed by atoms with E-state index in [-0.39, 0.29) is 12.4 Å². The van der Waals surface area contributed by atoms with Crippen LogP contribution in [0.25, 0.3) is 0 Å². The van der Waals surface area contributed by atoms with Crippen LogP contribution in [0, 0.1) is 5.82 Å². The molecule has 0 bridgehead atoms. The minimum absolute atomic E-state index is 0.108. The Kier molecular flexibility index (Phi) is 4.27. The molecular formula is C14H13BrFNO2. The highest BCUT2D eigenvalue weighted by Crippen LogP contribution is 2.28. The van der Waals surface area contributed by atoms with Crippen molar-refractivity contribution >= 4 is 21.6 Å². The highest BCUT2D eigenvalue weighted by atomic mass is 79.9. The number of nitrogen functional groups attached to an aromatic ring is 1. The average Bonchev–Trinajstić information content (AvgIpc) is 2.39. The lowest BCUT2D eigenvalue weighted by molar-refractivity contribution is 0.299. The number of nitrogens with two attached hydrogens (primary N) is 1. The molecule has 0 aliphatic heterocycles. The van der Waals surface area contributed by atoms with E-state index in [1.807, 2.05) is 0 Å². The zero-order valence-electron chi connectivity index (χ0n) is 10.3. The molecule has 2 N–H and O–H groups in total. The van der Waals surface area contributed by atoms with Gasteiger partial charge >= 0.3 is 0 Å². The molecule has 0 aliphatic rings. The summed E-state index contributed by atoms with van der Waals surface area (Å²) in [5.74, 6) is 0.790. The number of halogens is 2. The Morgan fingerprint density at radius 2 is 2.00 bits per heavy atom. The van der Waals surface area contributed by atoms with Gasteiger partial charge in [0.25, 0.3) is 0 Å². The Labute approximate surface area is 119 Å². The smallest absolute Gasteiger partial charge is 0.146 e. The molecule has 2 rings (SSSR count). The lowest BCUT2D eigenvalue weighted by atomic mass is 10.2. The molecule has 5 heteroatoms. The van der Waals surface area contributed by atoms with Crippen molar-refractivity contribution in [2.45, 2.75) is 6.61 Å². The second-order valence-electron chi connectivity index (χ2n) is 3.93. The number of hydrogen-bond donors (Lipinski definition) is 1. The molecule has 3 nitrogen and oxygen atoms in total. The van der Waals surface area contributed by atoms with E-state index in [1.54, 1.807) is 37.4 Å². The maximum atomic E-state index is 13.6. The second-order valence-corrected chi connectivity index (χ2v) is 4.84. The van der Waals surface area contributed by atoms with E-state index < -0.39 is 0 Å². The van der Waals surface area contributed by atoms with E-state index >= 15 is 0 Å². The van der Waals surface area contributed by atoms with E-state index in [1.165, 1.54) is 6.07 Å². The van der Waals surface area contributed by atoms with Crippen molar-refractivity contribution in [2.75, 3.05) is 12.8 Å². The van der Waals surface area contributed by atoms with Crippen molar-refractivity contribution in [3.05, 3.63) is 52.3 Å². The largest absolute Gasteiger partial charge is 0.497 e. The van der Waals surface area contributed by atoms with Gasteiger partial charge in [0, 0.05) is 16.1 Å². The molecule has 2 aromatic rings. The van der Waals surface area contributed by atoms with Crippen molar-refractivity contribution in [3.63, 3.8) is 0 Å². The van der Waals surface area contributed by atoms with Gasteiger partial charge in [-0.2, -0.15) is 0 Å². The molecule has 0 aromatic heterocycles. The number of methoxy groups -OCH3 is 1. The van der Waals surface area contributed by atoms with Gasteiger partial charge in [0.15, 0.2) is 0 Å². The Hall–Kier alpha value is -1.75. The second kappa shape index (κ2) is 5.93. The first-order valence-electron chi connectivity index (χ1n) is 5.60. The van der Waals surface area contributed by atoms with Gasteiger partial charge < -0.3 is 15.2 Å². The van der Waals surface area contributed by atoms with Gasteiger partial charge in [0.1, 0.15) is 23.9 Å². The Bertz CT molecular complexity index is 590. The van der Waals surface area contributed by atoms with E-state index in [4.69, 9.17) is 15.2 Å². The monoisotopic (exact) mass is 325 g/mol. The lowest BCUT2D eigenvalue weighted by Crippen LogP contribution is -2.01. The zero-order valence-corrected chi connectivity index (χ0v) is 11.9. The van der Waals surface area contributed by atoms with Crippen LogP contribution in [0.4, 0.5) is 10.1 Å². The summed E-state index contributed by atoms with van der Waals surface area (Å²) in [6.07, 6.45) is 0. The predicted molar refractivity (Wildman–Crippen MR) is 75.8 cm³/mol. The van der Waals surface area contributed by atoms with Gasteiger partial charge in [-0.15, -0.1) is 0 Å². The zero-order chi connectivity index (χ0) is 13.8. The van der Waals surface area contributed by atoms with Crippen molar-refractivity contribution in [1.29, 1.82) is 0 Å². The highest BCUT2D eigenvalue weighted by molar-refractivity contribution is 9.10. The van der Waals surface area contributed by atoms with Crippen LogP contribution in [-0.2, 0) is 6.61 Å². The molecule has 0 saturated carbocycles. The first kappa shape index (κ1) is 13.7. The number of benzene rings is 2. The normalized spacial score (nSPS) is 10.3. The number of rotatable bonds is 4. The highest BCUT2D eigenvalue weighted by Gasteiger charge is 2.07. The minimum atomic E-state index is -0.323. The molecular weight excluding hydrogens is 313 g/mol. The summed E-state index contributed by atoms with van der Waals surface area (Å²) >= 11 is 3.21. The van der Waals surface area contributed by atoms with Gasteiger partial charge in [-0.3, -0.25) is 0 Å². The molecule has 100 valence electrons. The molecule has 0 spiro atoms. The number of anilines is 1. The van der Waals surface area contributed by atoms with Gasteiger partial charge in [0.2, 0.25) is 0 Å². The SMILES string of the molecule is COc1ccc(N)c(OCc2ccc(Br)cc2F)c1. The quantitative estimate of drug-likeness (QED) is 0.870. The lowest BCUT2D eigenvalue weighted by Gasteiger charge is -2.11. The maximum Gasteiger partial charge on any atom is 0.146 e. The van der Waals surface area contributed by atoms with E-state index in [0.717, 1.165) is 0 Å². The van der Waals surface area contributed by atoms with Crippen LogP contribution in [0.3, 0.4) is 0 Å². The van der Waals surface area contributed by atoms with Gasteiger partial charge in [0.05, 0.1) is 12.8 Å². The third kappa shape index (κ3) is 3.38. The molecule has 0 radical (unpaired) electrons. The summed E-state index contributed by atoms with van der Waals surface area (Å²) in [7, 11) is 1.56. The fourth-order valence-electron chi connectivity index (χ4n) is 1.56. The standard InChI is InChI=1S/C14H13BrFNO2/c1-18-11-4-5-13(17)14(7-11)19-8-9-2-3-10(15)6-12(9)16/h2-7H,8,17H2,1H3. The predicted octanol–water partition coefficient (Wildman–Crippen LogP) is 3.76. The average molecular weight is 326 g/mol. The molecule has 0 saturated heterocycles. The summed E-state index contributed by atoms with van der Waals surface area (Å²) in [5.41, 5.74) is 6.74. The van der Waals surface area contributed by atoms with Gasteiger partial charge in [-0.05, 0) is 24.3 Å². The Morgan fingerprint density at radius 1 is 1.21 bits per heavy atom. The van der Waals surface area contributed by atoms with Crippen LogP contribution >= 0.6 is 15.9 Å². The van der Waals surface area contributed by atoms with Crippen LogP contribution in [0.1, 0.15) is 5.56 Å². The van der Waals surface area contributed by atoms with Crippen molar-refractivity contribution in [3.8, 4) is 11.5 Å². The molecule has 19 heavy (non-hydrogen) atoms. The van der Waals surface area contributed by atoms with Crippen LogP contribution in [0.5, 0.6) is 11.5 Å². The molecule has 0 atom stereocenters. The van der Waals surface area contributed by atoms with Crippen LogP contribution in [0.2, 0.25) is 0 Å². The van der Waals surface area contributed by atoms with Gasteiger partial charge in [-0.25, -0.2) is 4.39 Å². The van der Waals surface area contributed by atoms with Crippen molar-refractivity contribution < 1.29 is 13.9 Å². The third-order valence-corrected chi connectivity index (χ3v) is 3.11. The minimum Gasteiger partial charge on any atom is -0.497 e. The first-order chi connectivity index (χ1) is 9.10. The van der Waals surface area contributed by atoms with E-state index in [2.05, 4.69) is 15.9 Å². The molecule has 0 heterocycles. The number of ether oxygens (including phenoxy) is 2. The fraction of sp³-hybridized carbons (Fsp3) is 0.143. The van der Waals surface area contributed by atoms with Crippen molar-refractivity contribution in [2.24, 2.45) is 0 Å². The van der Waals surface area contributed by atoms with Crippen molar-refractivity contribution in [1.82, 2.24) is 0 Å². The molecule has 0 amide bonds. The first-order valence-corrected chi connectivity index (χ1v) is 6.39. The van der Waals surface area contributed by atoms with Crippen LogP contribution in [-0.4, -0.2) is 7.11 Å². The van der Waals surface area contributed by atoms with E-state index in [0.29, 0.717) is 27.2 Å². The third-order valence-electron chi connectivity index (χ3n) is 2.62. The van der Waals surface area contributed by atoms with E-state index in [9.17, 15) is 4.39 Å². The topological polar surface area (TPSA) is 44.5 Å². The summed E-state index contributed by atoms with van der Waals surface area (Å²) in [5, 5.41) is 0. The molecule has 0 unspecified atom stereocenters.